The molecule has 1 saturated carbocycles. The topological polar surface area (TPSA) is 64.1 Å². The SMILES string of the molecule is CCNC(=NCc1cc(OC)c(OC)cc1OC)NC1CCCCC1. The molecule has 2 N–H and O–H groups in total. The largest absolute Gasteiger partial charge is 0.496 e. The van der Waals surface area contributed by atoms with Crippen LogP contribution in [0.4, 0.5) is 0 Å². The van der Waals surface area contributed by atoms with E-state index in [-0.39, 0.29) is 0 Å². The van der Waals surface area contributed by atoms with Crippen molar-refractivity contribution < 1.29 is 14.2 Å². The molecular formula is C19H31N3O3. The van der Waals surface area contributed by atoms with Gasteiger partial charge in [-0.25, -0.2) is 4.99 Å². The van der Waals surface area contributed by atoms with Crippen molar-refractivity contribution in [2.24, 2.45) is 4.99 Å². The summed E-state index contributed by atoms with van der Waals surface area (Å²) in [4.78, 5) is 4.74. The molecule has 0 unspecified atom stereocenters. The lowest BCUT2D eigenvalue weighted by molar-refractivity contribution is 0.347. The summed E-state index contributed by atoms with van der Waals surface area (Å²) in [7, 11) is 4.90. The van der Waals surface area contributed by atoms with Gasteiger partial charge in [0.25, 0.3) is 0 Å². The Kier molecular flexibility index (Phi) is 7.70. The molecule has 1 aliphatic rings. The number of nitrogens with one attached hydrogen (secondary N) is 2. The molecular weight excluding hydrogens is 318 g/mol. The van der Waals surface area contributed by atoms with E-state index in [1.165, 1.54) is 32.1 Å². The Morgan fingerprint density at radius 2 is 1.64 bits per heavy atom. The van der Waals surface area contributed by atoms with Crippen molar-refractivity contribution in [2.45, 2.75) is 51.6 Å². The second kappa shape index (κ2) is 10.0. The number of hydrogen-bond acceptors (Lipinski definition) is 4. The number of rotatable bonds is 7. The lowest BCUT2D eigenvalue weighted by atomic mass is 9.96. The van der Waals surface area contributed by atoms with Crippen molar-refractivity contribution in [3.8, 4) is 17.2 Å². The maximum Gasteiger partial charge on any atom is 0.191 e. The second-order valence-corrected chi connectivity index (χ2v) is 6.19. The molecule has 0 aliphatic heterocycles. The van der Waals surface area contributed by atoms with Crippen LogP contribution < -0.4 is 24.8 Å². The van der Waals surface area contributed by atoms with E-state index in [1.807, 2.05) is 12.1 Å². The van der Waals surface area contributed by atoms with Crippen LogP contribution in [0.2, 0.25) is 0 Å². The molecule has 0 spiro atoms. The minimum absolute atomic E-state index is 0.506. The Bertz CT molecular complexity index is 569. The molecule has 1 aliphatic carbocycles. The van der Waals surface area contributed by atoms with Gasteiger partial charge in [-0.1, -0.05) is 19.3 Å². The Hall–Kier alpha value is -2.11. The average molecular weight is 349 g/mol. The molecule has 1 aromatic carbocycles. The fraction of sp³-hybridized carbons (Fsp3) is 0.632. The first-order chi connectivity index (χ1) is 12.2. The standard InChI is InChI=1S/C19H31N3O3/c1-5-20-19(22-15-9-7-6-8-10-15)21-13-14-11-17(24-3)18(25-4)12-16(14)23-2/h11-12,15H,5-10,13H2,1-4H3,(H2,20,21,22). The van der Waals surface area contributed by atoms with Gasteiger partial charge in [0.2, 0.25) is 0 Å². The predicted octanol–water partition coefficient (Wildman–Crippen LogP) is 3.10. The molecule has 6 nitrogen and oxygen atoms in total. The first-order valence-corrected chi connectivity index (χ1v) is 9.05. The number of aliphatic imine (C=N–C) groups is 1. The third-order valence-electron chi connectivity index (χ3n) is 4.48. The van der Waals surface area contributed by atoms with Crippen LogP contribution in [0.15, 0.2) is 17.1 Å². The van der Waals surface area contributed by atoms with Crippen LogP contribution in [-0.4, -0.2) is 39.9 Å². The maximum absolute atomic E-state index is 5.48. The molecule has 1 aromatic rings. The highest BCUT2D eigenvalue weighted by atomic mass is 16.5. The quantitative estimate of drug-likeness (QED) is 0.585. The Labute approximate surface area is 151 Å². The molecule has 0 radical (unpaired) electrons. The first kappa shape index (κ1) is 19.2. The van der Waals surface area contributed by atoms with E-state index in [0.717, 1.165) is 23.8 Å². The second-order valence-electron chi connectivity index (χ2n) is 6.19. The zero-order valence-corrected chi connectivity index (χ0v) is 15.9. The van der Waals surface area contributed by atoms with Crippen LogP contribution in [-0.2, 0) is 6.54 Å². The summed E-state index contributed by atoms with van der Waals surface area (Å²) < 4.78 is 16.2. The molecule has 140 valence electrons. The molecule has 0 atom stereocenters. The Morgan fingerprint density at radius 3 is 2.24 bits per heavy atom. The molecule has 0 heterocycles. The van der Waals surface area contributed by atoms with Crippen LogP contribution in [0.3, 0.4) is 0 Å². The number of methoxy groups -OCH3 is 3. The summed E-state index contributed by atoms with van der Waals surface area (Å²) in [6.45, 7) is 3.42. The molecule has 0 amide bonds. The van der Waals surface area contributed by atoms with E-state index < -0.39 is 0 Å². The molecule has 0 bridgehead atoms. The lowest BCUT2D eigenvalue weighted by Gasteiger charge is -2.25. The Balaban J connectivity index is 2.14. The maximum atomic E-state index is 5.48. The van der Waals surface area contributed by atoms with Gasteiger partial charge in [0.05, 0.1) is 27.9 Å². The molecule has 1 fully saturated rings. The lowest BCUT2D eigenvalue weighted by Crippen LogP contribution is -2.44. The molecule has 0 saturated heterocycles. The monoisotopic (exact) mass is 349 g/mol. The van der Waals surface area contributed by atoms with Gasteiger partial charge < -0.3 is 24.8 Å². The van der Waals surface area contributed by atoms with Crippen molar-refractivity contribution in [2.75, 3.05) is 27.9 Å². The van der Waals surface area contributed by atoms with Gasteiger partial charge >= 0.3 is 0 Å². The normalized spacial score (nSPS) is 15.6. The number of nitrogens with zero attached hydrogens (tertiary/aromatic N) is 1. The Morgan fingerprint density at radius 1 is 1.00 bits per heavy atom. The van der Waals surface area contributed by atoms with Gasteiger partial charge in [-0.3, -0.25) is 0 Å². The van der Waals surface area contributed by atoms with Gasteiger partial charge in [-0.05, 0) is 25.8 Å². The molecule has 25 heavy (non-hydrogen) atoms. The van der Waals surface area contributed by atoms with Gasteiger partial charge in [-0.2, -0.15) is 0 Å². The number of benzene rings is 1. The highest BCUT2D eigenvalue weighted by Gasteiger charge is 2.15. The zero-order valence-electron chi connectivity index (χ0n) is 15.9. The smallest absolute Gasteiger partial charge is 0.191 e. The van der Waals surface area contributed by atoms with Crippen LogP contribution in [0.5, 0.6) is 17.2 Å². The van der Waals surface area contributed by atoms with Crippen molar-refractivity contribution in [3.63, 3.8) is 0 Å². The van der Waals surface area contributed by atoms with Gasteiger partial charge in [0.1, 0.15) is 5.75 Å². The number of ether oxygens (including phenoxy) is 3. The number of hydrogen-bond donors (Lipinski definition) is 2. The van der Waals surface area contributed by atoms with E-state index in [2.05, 4.69) is 17.6 Å². The van der Waals surface area contributed by atoms with Crippen molar-refractivity contribution in [3.05, 3.63) is 17.7 Å². The summed E-state index contributed by atoms with van der Waals surface area (Å²) in [6, 6.07) is 4.27. The molecule has 6 heteroatoms. The summed E-state index contributed by atoms with van der Waals surface area (Å²) in [5.41, 5.74) is 0.959. The van der Waals surface area contributed by atoms with Gasteiger partial charge in [0.15, 0.2) is 17.5 Å². The van der Waals surface area contributed by atoms with Crippen LogP contribution in [0.1, 0.15) is 44.6 Å². The number of guanidine groups is 1. The predicted molar refractivity (Wildman–Crippen MR) is 101 cm³/mol. The summed E-state index contributed by atoms with van der Waals surface area (Å²) in [6.07, 6.45) is 6.35. The summed E-state index contributed by atoms with van der Waals surface area (Å²) in [5.74, 6) is 2.93. The third kappa shape index (κ3) is 5.44. The van der Waals surface area contributed by atoms with E-state index in [1.54, 1.807) is 21.3 Å². The zero-order chi connectivity index (χ0) is 18.1. The molecule has 2 rings (SSSR count). The highest BCUT2D eigenvalue weighted by molar-refractivity contribution is 5.80. The van der Waals surface area contributed by atoms with Gasteiger partial charge in [-0.15, -0.1) is 0 Å². The van der Waals surface area contributed by atoms with Crippen LogP contribution in [0, 0.1) is 0 Å². The minimum Gasteiger partial charge on any atom is -0.496 e. The minimum atomic E-state index is 0.506. The van der Waals surface area contributed by atoms with Crippen molar-refractivity contribution >= 4 is 5.96 Å². The van der Waals surface area contributed by atoms with E-state index >= 15 is 0 Å². The average Bonchev–Trinajstić information content (AvgIpc) is 2.66. The third-order valence-corrected chi connectivity index (χ3v) is 4.48. The van der Waals surface area contributed by atoms with Crippen molar-refractivity contribution in [1.29, 1.82) is 0 Å². The van der Waals surface area contributed by atoms with Crippen LogP contribution in [0.25, 0.3) is 0 Å². The fourth-order valence-electron chi connectivity index (χ4n) is 3.14. The highest BCUT2D eigenvalue weighted by Crippen LogP contribution is 2.34. The summed E-state index contributed by atoms with van der Waals surface area (Å²) >= 11 is 0. The van der Waals surface area contributed by atoms with E-state index in [4.69, 9.17) is 19.2 Å². The van der Waals surface area contributed by atoms with E-state index in [0.29, 0.717) is 24.1 Å². The van der Waals surface area contributed by atoms with Gasteiger partial charge in [0, 0.05) is 24.2 Å². The van der Waals surface area contributed by atoms with Crippen molar-refractivity contribution in [1.82, 2.24) is 10.6 Å². The fourth-order valence-corrected chi connectivity index (χ4v) is 3.14. The summed E-state index contributed by atoms with van der Waals surface area (Å²) in [5, 5.41) is 6.89. The van der Waals surface area contributed by atoms with E-state index in [9.17, 15) is 0 Å². The van der Waals surface area contributed by atoms with Crippen LogP contribution >= 0.6 is 0 Å². The first-order valence-electron chi connectivity index (χ1n) is 9.05. The molecule has 0 aromatic heterocycles.